The summed E-state index contributed by atoms with van der Waals surface area (Å²) >= 11 is 0. The van der Waals surface area contributed by atoms with Gasteiger partial charge in [0.1, 0.15) is 0 Å². The fourth-order valence-corrected chi connectivity index (χ4v) is 1.74. The van der Waals surface area contributed by atoms with Crippen LogP contribution in [0.2, 0.25) is 0 Å². The van der Waals surface area contributed by atoms with Crippen LogP contribution < -0.4 is 16.0 Å². The maximum absolute atomic E-state index is 11.9. The standard InChI is InChI=1S/C16H24N4O/c1-4-9-18-15(21)14-8-6-7-13(11-14)12-20-16(17-3)19-10-5-2/h5-8,11H,2,4,9-10,12H2,1,3H3,(H,18,21)(H2,17,19,20). The van der Waals surface area contributed by atoms with E-state index in [2.05, 4.69) is 27.5 Å². The van der Waals surface area contributed by atoms with Crippen LogP contribution in [0.15, 0.2) is 41.9 Å². The van der Waals surface area contributed by atoms with Crippen LogP contribution in [0.1, 0.15) is 29.3 Å². The maximum Gasteiger partial charge on any atom is 0.251 e. The predicted octanol–water partition coefficient (Wildman–Crippen LogP) is 1.68. The molecule has 21 heavy (non-hydrogen) atoms. The quantitative estimate of drug-likeness (QED) is 0.406. The summed E-state index contributed by atoms with van der Waals surface area (Å²) in [6, 6.07) is 7.57. The molecular weight excluding hydrogens is 264 g/mol. The molecule has 0 atom stereocenters. The van der Waals surface area contributed by atoms with Crippen LogP contribution in [0.25, 0.3) is 0 Å². The second-order valence-electron chi connectivity index (χ2n) is 4.55. The Kier molecular flexibility index (Phi) is 7.64. The molecule has 3 N–H and O–H groups in total. The molecule has 0 saturated carbocycles. The third kappa shape index (κ3) is 6.12. The van der Waals surface area contributed by atoms with Crippen LogP contribution in [0.3, 0.4) is 0 Å². The minimum atomic E-state index is -0.0344. The number of amides is 1. The fraction of sp³-hybridized carbons (Fsp3) is 0.375. The average Bonchev–Trinajstić information content (AvgIpc) is 2.53. The largest absolute Gasteiger partial charge is 0.353 e. The van der Waals surface area contributed by atoms with Crippen LogP contribution >= 0.6 is 0 Å². The number of aliphatic imine (C=N–C) groups is 1. The topological polar surface area (TPSA) is 65.5 Å². The lowest BCUT2D eigenvalue weighted by molar-refractivity contribution is 0.0953. The van der Waals surface area contributed by atoms with Gasteiger partial charge in [0.15, 0.2) is 5.96 Å². The van der Waals surface area contributed by atoms with Gasteiger partial charge in [0.2, 0.25) is 0 Å². The lowest BCUT2D eigenvalue weighted by atomic mass is 10.1. The Balaban J connectivity index is 2.59. The van der Waals surface area contributed by atoms with Crippen molar-refractivity contribution in [3.05, 3.63) is 48.0 Å². The van der Waals surface area contributed by atoms with Gasteiger partial charge < -0.3 is 16.0 Å². The molecule has 114 valence electrons. The first-order valence-electron chi connectivity index (χ1n) is 7.13. The molecule has 5 nitrogen and oxygen atoms in total. The van der Waals surface area contributed by atoms with Crippen molar-refractivity contribution in [2.24, 2.45) is 4.99 Å². The van der Waals surface area contributed by atoms with Gasteiger partial charge in [-0.25, -0.2) is 0 Å². The SMILES string of the molecule is C=CCNC(=NC)NCc1cccc(C(=O)NCCC)c1. The summed E-state index contributed by atoms with van der Waals surface area (Å²) in [7, 11) is 1.72. The lowest BCUT2D eigenvalue weighted by Gasteiger charge is -2.11. The summed E-state index contributed by atoms with van der Waals surface area (Å²) in [4.78, 5) is 16.0. The van der Waals surface area contributed by atoms with E-state index in [0.717, 1.165) is 12.0 Å². The molecule has 0 radical (unpaired) electrons. The molecule has 0 bridgehead atoms. The van der Waals surface area contributed by atoms with E-state index in [1.807, 2.05) is 31.2 Å². The molecule has 1 rings (SSSR count). The van der Waals surface area contributed by atoms with Crippen molar-refractivity contribution in [2.75, 3.05) is 20.1 Å². The highest BCUT2D eigenvalue weighted by Gasteiger charge is 2.05. The normalized spacial score (nSPS) is 10.9. The first-order valence-corrected chi connectivity index (χ1v) is 7.13. The lowest BCUT2D eigenvalue weighted by Crippen LogP contribution is -2.36. The molecule has 0 aliphatic carbocycles. The van der Waals surface area contributed by atoms with Crippen molar-refractivity contribution in [2.45, 2.75) is 19.9 Å². The number of hydrogen-bond donors (Lipinski definition) is 3. The van der Waals surface area contributed by atoms with Crippen LogP contribution in [0.4, 0.5) is 0 Å². The van der Waals surface area contributed by atoms with Gasteiger partial charge in [0.05, 0.1) is 0 Å². The molecule has 1 amide bonds. The zero-order valence-electron chi connectivity index (χ0n) is 12.8. The minimum Gasteiger partial charge on any atom is -0.353 e. The zero-order valence-corrected chi connectivity index (χ0v) is 12.8. The second-order valence-corrected chi connectivity index (χ2v) is 4.55. The van der Waals surface area contributed by atoms with Crippen molar-refractivity contribution in [1.82, 2.24) is 16.0 Å². The molecule has 1 aromatic rings. The molecule has 0 spiro atoms. The highest BCUT2D eigenvalue weighted by molar-refractivity contribution is 5.94. The first-order chi connectivity index (χ1) is 10.2. The van der Waals surface area contributed by atoms with Crippen molar-refractivity contribution in [3.8, 4) is 0 Å². The first kappa shape index (κ1) is 16.8. The molecule has 5 heteroatoms. The van der Waals surface area contributed by atoms with Crippen LogP contribution in [0, 0.1) is 0 Å². The van der Waals surface area contributed by atoms with E-state index in [9.17, 15) is 4.79 Å². The number of benzene rings is 1. The smallest absolute Gasteiger partial charge is 0.251 e. The Labute approximate surface area is 126 Å². The number of guanidine groups is 1. The summed E-state index contributed by atoms with van der Waals surface area (Å²) in [5, 5.41) is 9.16. The Morgan fingerprint density at radius 3 is 2.81 bits per heavy atom. The van der Waals surface area contributed by atoms with Crippen molar-refractivity contribution in [1.29, 1.82) is 0 Å². The third-order valence-electron chi connectivity index (χ3n) is 2.82. The van der Waals surface area contributed by atoms with Crippen LogP contribution in [-0.2, 0) is 6.54 Å². The van der Waals surface area contributed by atoms with Gasteiger partial charge in [-0.15, -0.1) is 6.58 Å². The van der Waals surface area contributed by atoms with E-state index < -0.39 is 0 Å². The number of carbonyl (C=O) groups is 1. The van der Waals surface area contributed by atoms with Crippen molar-refractivity contribution >= 4 is 11.9 Å². The van der Waals surface area contributed by atoms with Gasteiger partial charge in [-0.3, -0.25) is 9.79 Å². The summed E-state index contributed by atoms with van der Waals surface area (Å²) in [5.41, 5.74) is 1.71. The van der Waals surface area contributed by atoms with Crippen LogP contribution in [0.5, 0.6) is 0 Å². The summed E-state index contributed by atoms with van der Waals surface area (Å²) in [6.07, 6.45) is 2.70. The van der Waals surface area contributed by atoms with E-state index in [1.54, 1.807) is 13.1 Å². The summed E-state index contributed by atoms with van der Waals surface area (Å²) < 4.78 is 0. The van der Waals surface area contributed by atoms with E-state index in [-0.39, 0.29) is 5.91 Å². The molecule has 0 heterocycles. The van der Waals surface area contributed by atoms with Crippen LogP contribution in [-0.4, -0.2) is 32.0 Å². The maximum atomic E-state index is 11.9. The van der Waals surface area contributed by atoms with Gasteiger partial charge in [0.25, 0.3) is 5.91 Å². The van der Waals surface area contributed by atoms with E-state index >= 15 is 0 Å². The zero-order chi connectivity index (χ0) is 15.5. The Morgan fingerprint density at radius 1 is 1.33 bits per heavy atom. The van der Waals surface area contributed by atoms with Gasteiger partial charge in [-0.1, -0.05) is 25.1 Å². The number of rotatable bonds is 7. The van der Waals surface area contributed by atoms with Gasteiger partial charge in [-0.2, -0.15) is 0 Å². The van der Waals surface area contributed by atoms with Crippen molar-refractivity contribution in [3.63, 3.8) is 0 Å². The fourth-order valence-electron chi connectivity index (χ4n) is 1.74. The highest BCUT2D eigenvalue weighted by atomic mass is 16.1. The monoisotopic (exact) mass is 288 g/mol. The average molecular weight is 288 g/mol. The Morgan fingerprint density at radius 2 is 2.14 bits per heavy atom. The molecule has 0 saturated heterocycles. The molecule has 0 fully saturated rings. The molecule has 0 unspecified atom stereocenters. The van der Waals surface area contributed by atoms with Gasteiger partial charge >= 0.3 is 0 Å². The predicted molar refractivity (Wildman–Crippen MR) is 87.5 cm³/mol. The number of hydrogen-bond acceptors (Lipinski definition) is 2. The van der Waals surface area contributed by atoms with Gasteiger partial charge in [0, 0.05) is 32.2 Å². The minimum absolute atomic E-state index is 0.0344. The second kappa shape index (κ2) is 9.58. The summed E-state index contributed by atoms with van der Waals surface area (Å²) in [6.45, 7) is 7.63. The molecule has 0 aliphatic heterocycles. The molecule has 0 aliphatic rings. The Bertz CT molecular complexity index is 497. The molecule has 0 aromatic heterocycles. The van der Waals surface area contributed by atoms with E-state index in [4.69, 9.17) is 0 Å². The number of nitrogens with zero attached hydrogens (tertiary/aromatic N) is 1. The number of carbonyl (C=O) groups excluding carboxylic acids is 1. The summed E-state index contributed by atoms with van der Waals surface area (Å²) in [5.74, 6) is 0.670. The van der Waals surface area contributed by atoms with Crippen molar-refractivity contribution < 1.29 is 4.79 Å². The molecule has 1 aromatic carbocycles. The highest BCUT2D eigenvalue weighted by Crippen LogP contribution is 2.05. The van der Waals surface area contributed by atoms with Gasteiger partial charge in [-0.05, 0) is 24.1 Å². The van der Waals surface area contributed by atoms with E-state index in [0.29, 0.717) is 31.2 Å². The third-order valence-corrected chi connectivity index (χ3v) is 2.82. The van der Waals surface area contributed by atoms with E-state index in [1.165, 1.54) is 0 Å². The number of nitrogens with one attached hydrogen (secondary N) is 3. The Hall–Kier alpha value is -2.30. The molecular formula is C16H24N4O.